The smallest absolute Gasteiger partial charge is 0.248 e. The molecule has 3 saturated heterocycles. The Morgan fingerprint density at radius 1 is 1.16 bits per heavy atom. The van der Waals surface area contributed by atoms with Crippen LogP contribution in [0.25, 0.3) is 11.4 Å². The molecule has 12 nitrogen and oxygen atoms in total. The third-order valence-electron chi connectivity index (χ3n) is 8.44. The number of aliphatic hydroxyl groups excluding tert-OH is 1. The van der Waals surface area contributed by atoms with E-state index in [1.165, 1.54) is 11.2 Å². The number of piperidine rings is 1. The molecule has 3 fully saturated rings. The molecule has 3 atom stereocenters. The van der Waals surface area contributed by atoms with Crippen LogP contribution >= 0.6 is 0 Å². The number of hydrogen-bond donors (Lipinski definition) is 2. The van der Waals surface area contributed by atoms with Crippen LogP contribution in [0.3, 0.4) is 0 Å². The van der Waals surface area contributed by atoms with Gasteiger partial charge in [-0.25, -0.2) is 14.4 Å². The van der Waals surface area contributed by atoms with Crippen LogP contribution in [0.5, 0.6) is 5.75 Å². The van der Waals surface area contributed by atoms with Crippen LogP contribution in [0.2, 0.25) is 0 Å². The maximum absolute atomic E-state index is 14.7. The van der Waals surface area contributed by atoms with Gasteiger partial charge in [-0.3, -0.25) is 9.69 Å². The number of amides is 1. The number of halogens is 1. The van der Waals surface area contributed by atoms with Crippen LogP contribution in [-0.4, -0.2) is 113 Å². The van der Waals surface area contributed by atoms with Crippen molar-refractivity contribution in [3.63, 3.8) is 0 Å². The summed E-state index contributed by atoms with van der Waals surface area (Å²) in [6.45, 7) is 6.34. The molecular weight excluding hydrogens is 567 g/mol. The number of aromatic nitrogens is 3. The highest BCUT2D eigenvalue weighted by atomic mass is 19.1. The Morgan fingerprint density at radius 2 is 1.98 bits per heavy atom. The minimum absolute atomic E-state index is 0.167. The fourth-order valence-electron chi connectivity index (χ4n) is 5.91. The Balaban J connectivity index is 1.08. The van der Waals surface area contributed by atoms with Crippen LogP contribution in [-0.2, 0) is 9.53 Å². The average molecular weight is 603 g/mol. The number of nitriles is 1. The van der Waals surface area contributed by atoms with Gasteiger partial charge in [-0.1, -0.05) is 0 Å². The summed E-state index contributed by atoms with van der Waals surface area (Å²) in [5.41, 5.74) is 2.79. The Labute approximate surface area is 255 Å². The predicted octanol–water partition coefficient (Wildman–Crippen LogP) is 2.37. The SMILES string of the molecule is CC1CN(c2ccc(Nc3ncnc(-c4ccc(O[C@H]5CCN(C(=O)CO)C[C@H]5F)c(C#N)c4)n3)cc2)CCN1C1COC1. The summed E-state index contributed by atoms with van der Waals surface area (Å²) in [4.78, 5) is 31.0. The molecule has 44 heavy (non-hydrogen) atoms. The molecule has 3 aromatic rings. The highest BCUT2D eigenvalue weighted by Gasteiger charge is 2.34. The van der Waals surface area contributed by atoms with E-state index in [1.54, 1.807) is 18.2 Å². The van der Waals surface area contributed by atoms with Gasteiger partial charge in [0.15, 0.2) is 12.0 Å². The van der Waals surface area contributed by atoms with E-state index < -0.39 is 24.8 Å². The fraction of sp³-hybridized carbons (Fsp3) is 0.452. The highest BCUT2D eigenvalue weighted by molar-refractivity contribution is 5.77. The van der Waals surface area contributed by atoms with Gasteiger partial charge in [0.05, 0.1) is 31.4 Å². The monoisotopic (exact) mass is 602 g/mol. The normalized spacial score (nSPS) is 22.6. The van der Waals surface area contributed by atoms with E-state index in [-0.39, 0.29) is 30.8 Å². The van der Waals surface area contributed by atoms with Crippen LogP contribution in [0.1, 0.15) is 18.9 Å². The second-order valence-corrected chi connectivity index (χ2v) is 11.3. The first-order chi connectivity index (χ1) is 21.4. The molecule has 0 bridgehead atoms. The lowest BCUT2D eigenvalue weighted by Gasteiger charge is -2.47. The number of aliphatic hydroxyl groups is 1. The molecule has 4 heterocycles. The number of alkyl halides is 1. The zero-order chi connectivity index (χ0) is 30.6. The van der Waals surface area contributed by atoms with E-state index in [0.717, 1.165) is 44.2 Å². The van der Waals surface area contributed by atoms with E-state index in [9.17, 15) is 14.4 Å². The summed E-state index contributed by atoms with van der Waals surface area (Å²) in [5, 5.41) is 22.0. The summed E-state index contributed by atoms with van der Waals surface area (Å²) >= 11 is 0. The quantitative estimate of drug-likeness (QED) is 0.393. The van der Waals surface area contributed by atoms with Crippen LogP contribution in [0.15, 0.2) is 48.8 Å². The minimum atomic E-state index is -1.45. The van der Waals surface area contributed by atoms with Crippen molar-refractivity contribution in [2.24, 2.45) is 0 Å². The number of nitrogens with one attached hydrogen (secondary N) is 1. The second kappa shape index (κ2) is 13.1. The number of piperazine rings is 1. The van der Waals surface area contributed by atoms with Crippen molar-refractivity contribution in [3.8, 4) is 23.2 Å². The third kappa shape index (κ3) is 6.42. The van der Waals surface area contributed by atoms with Crippen LogP contribution in [0, 0.1) is 11.3 Å². The van der Waals surface area contributed by atoms with Gasteiger partial charge < -0.3 is 29.7 Å². The first-order valence-corrected chi connectivity index (χ1v) is 14.8. The molecule has 1 aromatic heterocycles. The van der Waals surface area contributed by atoms with Gasteiger partial charge in [0.1, 0.15) is 30.9 Å². The largest absolute Gasteiger partial charge is 0.486 e. The topological polar surface area (TPSA) is 140 Å². The Hall–Kier alpha value is -4.38. The van der Waals surface area contributed by atoms with Gasteiger partial charge >= 0.3 is 0 Å². The van der Waals surface area contributed by atoms with E-state index in [1.807, 2.05) is 12.1 Å². The highest BCUT2D eigenvalue weighted by Crippen LogP contribution is 2.29. The molecule has 230 valence electrons. The van der Waals surface area contributed by atoms with Crippen molar-refractivity contribution < 1.29 is 23.8 Å². The van der Waals surface area contributed by atoms with Gasteiger partial charge in [-0.05, 0) is 49.4 Å². The first kappa shape index (κ1) is 29.7. The van der Waals surface area contributed by atoms with Crippen molar-refractivity contribution in [2.45, 2.75) is 37.7 Å². The van der Waals surface area contributed by atoms with Gasteiger partial charge in [-0.2, -0.15) is 10.2 Å². The van der Waals surface area contributed by atoms with E-state index >= 15 is 0 Å². The van der Waals surface area contributed by atoms with Crippen LogP contribution < -0.4 is 15.0 Å². The summed E-state index contributed by atoms with van der Waals surface area (Å²) in [6.07, 6.45) is -0.614. The Morgan fingerprint density at radius 3 is 2.66 bits per heavy atom. The van der Waals surface area contributed by atoms with Gasteiger partial charge in [0.25, 0.3) is 0 Å². The van der Waals surface area contributed by atoms with Crippen molar-refractivity contribution in [1.82, 2.24) is 24.8 Å². The van der Waals surface area contributed by atoms with Crippen molar-refractivity contribution in [2.75, 3.05) is 62.8 Å². The summed E-state index contributed by atoms with van der Waals surface area (Å²) in [7, 11) is 0. The summed E-state index contributed by atoms with van der Waals surface area (Å²) < 4.78 is 26.0. The molecule has 2 aromatic carbocycles. The number of rotatable bonds is 8. The van der Waals surface area contributed by atoms with Crippen molar-refractivity contribution in [3.05, 3.63) is 54.4 Å². The van der Waals surface area contributed by atoms with E-state index in [0.29, 0.717) is 29.4 Å². The third-order valence-corrected chi connectivity index (χ3v) is 8.44. The number of nitrogens with zero attached hydrogens (tertiary/aromatic N) is 7. The van der Waals surface area contributed by atoms with Gasteiger partial charge in [-0.15, -0.1) is 0 Å². The molecule has 1 amide bonds. The summed E-state index contributed by atoms with van der Waals surface area (Å²) in [6, 6.07) is 16.2. The number of carbonyl (C=O) groups excluding carboxylic acids is 1. The fourth-order valence-corrected chi connectivity index (χ4v) is 5.91. The summed E-state index contributed by atoms with van der Waals surface area (Å²) in [5.74, 6) is 0.447. The zero-order valence-corrected chi connectivity index (χ0v) is 24.5. The molecule has 0 aliphatic carbocycles. The van der Waals surface area contributed by atoms with Gasteiger partial charge in [0, 0.05) is 55.6 Å². The number of anilines is 3. The lowest BCUT2D eigenvalue weighted by atomic mass is 10.0. The Bertz CT molecular complexity index is 1520. The molecule has 1 unspecified atom stereocenters. The van der Waals surface area contributed by atoms with E-state index in [4.69, 9.17) is 14.6 Å². The van der Waals surface area contributed by atoms with Crippen molar-refractivity contribution >= 4 is 23.2 Å². The number of hydrogen-bond acceptors (Lipinski definition) is 11. The number of carbonyl (C=O) groups is 1. The lowest BCUT2D eigenvalue weighted by Crippen LogP contribution is -2.60. The number of likely N-dealkylation sites (tertiary alicyclic amines) is 1. The first-order valence-electron chi connectivity index (χ1n) is 14.8. The Kier molecular flexibility index (Phi) is 8.83. The van der Waals surface area contributed by atoms with E-state index in [2.05, 4.69) is 55.2 Å². The molecule has 0 saturated carbocycles. The van der Waals surface area contributed by atoms with Crippen molar-refractivity contribution in [1.29, 1.82) is 5.26 Å². The molecule has 0 radical (unpaired) electrons. The molecule has 3 aliphatic rings. The molecule has 0 spiro atoms. The predicted molar refractivity (Wildman–Crippen MR) is 160 cm³/mol. The van der Waals surface area contributed by atoms with Crippen LogP contribution in [0.4, 0.5) is 21.7 Å². The molecular formula is C31H35FN8O4. The number of ether oxygens (including phenoxy) is 2. The molecule has 13 heteroatoms. The minimum Gasteiger partial charge on any atom is -0.486 e. The van der Waals surface area contributed by atoms with Gasteiger partial charge in [0.2, 0.25) is 11.9 Å². The maximum Gasteiger partial charge on any atom is 0.248 e. The lowest BCUT2D eigenvalue weighted by molar-refractivity contribution is -0.138. The second-order valence-electron chi connectivity index (χ2n) is 11.3. The molecule has 6 rings (SSSR count). The standard InChI is InChI=1S/C31H35FN8O4/c1-20-14-38(10-11-40(20)25-17-43-18-25)24-5-3-23(4-6-24)36-31-35-19-34-30(37-31)21-2-7-27(22(12-21)13-33)44-28-8-9-39(15-26(28)32)29(42)16-41/h2-7,12,19-20,25-26,28,41H,8-11,14-18H2,1H3,(H,34,35,36,37)/t20?,26-,28+/m1/s1. The zero-order valence-electron chi connectivity index (χ0n) is 24.5. The molecule has 3 aliphatic heterocycles. The average Bonchev–Trinajstić information content (AvgIpc) is 3.02. The molecule has 2 N–H and O–H groups in total. The number of benzene rings is 2. The maximum atomic E-state index is 14.7.